The van der Waals surface area contributed by atoms with Crippen LogP contribution in [0.15, 0.2) is 29.2 Å². The van der Waals surface area contributed by atoms with Crippen molar-refractivity contribution in [2.75, 3.05) is 11.1 Å². The van der Waals surface area contributed by atoms with Crippen LogP contribution in [0.1, 0.15) is 36.5 Å². The van der Waals surface area contributed by atoms with E-state index in [1.54, 1.807) is 23.1 Å². The summed E-state index contributed by atoms with van der Waals surface area (Å²) >= 11 is 3.45. The fourth-order valence-electron chi connectivity index (χ4n) is 3.47. The quantitative estimate of drug-likeness (QED) is 0.625. The van der Waals surface area contributed by atoms with Crippen LogP contribution < -0.4 is 11.1 Å². The molecule has 0 aliphatic heterocycles. The molecule has 3 aromatic rings. The van der Waals surface area contributed by atoms with Crippen molar-refractivity contribution >= 4 is 50.7 Å². The van der Waals surface area contributed by atoms with E-state index in [2.05, 4.69) is 17.2 Å². The zero-order valence-electron chi connectivity index (χ0n) is 15.4. The predicted octanol–water partition coefficient (Wildman–Crippen LogP) is 4.65. The molecule has 0 saturated heterocycles. The maximum atomic E-state index is 11.1. The lowest BCUT2D eigenvalue weighted by atomic mass is 9.89. The van der Waals surface area contributed by atoms with Crippen molar-refractivity contribution in [3.63, 3.8) is 0 Å². The third-order valence-corrected chi connectivity index (χ3v) is 6.93. The van der Waals surface area contributed by atoms with E-state index in [1.165, 1.54) is 23.8 Å². The number of carbonyl (C=O) groups is 1. The number of anilines is 2. The molecule has 4 rings (SSSR count). The molecule has 5 nitrogen and oxygen atoms in total. The number of amides is 1. The summed E-state index contributed by atoms with van der Waals surface area (Å²) in [7, 11) is 0. The highest BCUT2D eigenvalue weighted by Crippen LogP contribution is 2.39. The molecule has 0 bridgehead atoms. The lowest BCUT2D eigenvalue weighted by Crippen LogP contribution is -2.09. The Labute approximate surface area is 166 Å². The van der Waals surface area contributed by atoms with Gasteiger partial charge >= 0.3 is 0 Å². The Bertz CT molecular complexity index is 997. The summed E-state index contributed by atoms with van der Waals surface area (Å²) in [6, 6.07) is 7.78. The summed E-state index contributed by atoms with van der Waals surface area (Å²) in [4.78, 5) is 24.0. The van der Waals surface area contributed by atoms with Gasteiger partial charge < -0.3 is 11.1 Å². The lowest BCUT2D eigenvalue weighted by molar-refractivity contribution is -0.114. The van der Waals surface area contributed by atoms with Gasteiger partial charge in [-0.15, -0.1) is 23.1 Å². The molecule has 0 fully saturated rings. The summed E-state index contributed by atoms with van der Waals surface area (Å²) in [5.74, 6) is 2.71. The molecule has 2 aromatic heterocycles. The van der Waals surface area contributed by atoms with Crippen LogP contribution in [0.25, 0.3) is 10.2 Å². The maximum absolute atomic E-state index is 11.1. The highest BCUT2D eigenvalue weighted by molar-refractivity contribution is 7.98. The van der Waals surface area contributed by atoms with Crippen LogP contribution in [0.4, 0.5) is 11.5 Å². The van der Waals surface area contributed by atoms with Gasteiger partial charge in [0.2, 0.25) is 5.91 Å². The SMILES string of the molecule is CC(=O)Nc1ccc(SCc2nc(N)c3c4c(sc3n2)CC(C)CC4)cc1. The zero-order valence-corrected chi connectivity index (χ0v) is 17.0. The predicted molar refractivity (Wildman–Crippen MR) is 113 cm³/mol. The number of nitrogen functional groups attached to an aromatic ring is 1. The topological polar surface area (TPSA) is 80.9 Å². The summed E-state index contributed by atoms with van der Waals surface area (Å²) in [6.45, 7) is 3.81. The van der Waals surface area contributed by atoms with Crippen molar-refractivity contribution < 1.29 is 4.79 Å². The van der Waals surface area contributed by atoms with Gasteiger partial charge in [0, 0.05) is 22.4 Å². The van der Waals surface area contributed by atoms with Crippen molar-refractivity contribution in [2.45, 2.75) is 43.8 Å². The standard InChI is InChI=1S/C20H22N4OS2/c1-11-3-8-15-16(9-11)27-20-18(15)19(21)23-17(24-20)10-26-14-6-4-13(5-7-14)22-12(2)25/h4-7,11H,3,8-10H2,1-2H3,(H,22,25)(H2,21,23,24). The van der Waals surface area contributed by atoms with Crippen LogP contribution in [-0.2, 0) is 23.4 Å². The van der Waals surface area contributed by atoms with Crippen LogP contribution in [0, 0.1) is 5.92 Å². The Balaban J connectivity index is 1.52. The fraction of sp³-hybridized carbons (Fsp3) is 0.350. The fourth-order valence-corrected chi connectivity index (χ4v) is 5.63. The number of aryl methyl sites for hydroxylation is 1. The highest BCUT2D eigenvalue weighted by atomic mass is 32.2. The van der Waals surface area contributed by atoms with Crippen molar-refractivity contribution in [3.8, 4) is 0 Å². The van der Waals surface area contributed by atoms with E-state index < -0.39 is 0 Å². The molecule has 1 aliphatic carbocycles. The molecule has 140 valence electrons. The molecular formula is C20H22N4OS2. The van der Waals surface area contributed by atoms with E-state index in [9.17, 15) is 4.79 Å². The second-order valence-electron chi connectivity index (χ2n) is 7.05. The van der Waals surface area contributed by atoms with Gasteiger partial charge in [-0.2, -0.15) is 0 Å². The molecule has 1 atom stereocenters. The van der Waals surface area contributed by atoms with Crippen LogP contribution in [-0.4, -0.2) is 15.9 Å². The van der Waals surface area contributed by atoms with Crippen LogP contribution in [0.2, 0.25) is 0 Å². The summed E-state index contributed by atoms with van der Waals surface area (Å²) in [6.07, 6.45) is 3.42. The van der Waals surface area contributed by atoms with E-state index in [0.717, 1.165) is 45.4 Å². The number of aromatic nitrogens is 2. The van der Waals surface area contributed by atoms with Crippen LogP contribution in [0.3, 0.4) is 0 Å². The number of nitrogens with zero attached hydrogens (tertiary/aromatic N) is 2. The molecule has 1 aliphatic rings. The zero-order chi connectivity index (χ0) is 19.0. The van der Waals surface area contributed by atoms with E-state index in [4.69, 9.17) is 10.7 Å². The van der Waals surface area contributed by atoms with Gasteiger partial charge in [-0.25, -0.2) is 9.97 Å². The molecule has 2 heterocycles. The molecule has 0 spiro atoms. The smallest absolute Gasteiger partial charge is 0.221 e. The molecule has 1 amide bonds. The van der Waals surface area contributed by atoms with Crippen LogP contribution >= 0.6 is 23.1 Å². The van der Waals surface area contributed by atoms with Gasteiger partial charge in [0.15, 0.2) is 0 Å². The number of rotatable bonds is 4. The number of fused-ring (bicyclic) bond motifs is 3. The minimum Gasteiger partial charge on any atom is -0.383 e. The Hall–Kier alpha value is -2.12. The van der Waals surface area contributed by atoms with Gasteiger partial charge in [-0.1, -0.05) is 6.92 Å². The van der Waals surface area contributed by atoms with Gasteiger partial charge in [0.1, 0.15) is 16.5 Å². The number of nitrogens with one attached hydrogen (secondary N) is 1. The number of hydrogen-bond acceptors (Lipinski definition) is 6. The molecule has 1 unspecified atom stereocenters. The normalized spacial score (nSPS) is 16.3. The Morgan fingerprint density at radius 3 is 2.85 bits per heavy atom. The summed E-state index contributed by atoms with van der Waals surface area (Å²) < 4.78 is 0. The molecule has 27 heavy (non-hydrogen) atoms. The molecule has 0 radical (unpaired) electrons. The monoisotopic (exact) mass is 398 g/mol. The minimum atomic E-state index is -0.0689. The van der Waals surface area contributed by atoms with E-state index in [1.807, 2.05) is 24.3 Å². The average Bonchev–Trinajstić information content (AvgIpc) is 2.98. The second kappa shape index (κ2) is 7.48. The minimum absolute atomic E-state index is 0.0689. The molecular weight excluding hydrogens is 376 g/mol. The van der Waals surface area contributed by atoms with Gasteiger partial charge in [0.25, 0.3) is 0 Å². The highest BCUT2D eigenvalue weighted by Gasteiger charge is 2.23. The molecule has 3 N–H and O–H groups in total. The van der Waals surface area contributed by atoms with E-state index >= 15 is 0 Å². The van der Waals surface area contributed by atoms with Gasteiger partial charge in [0.05, 0.1) is 11.1 Å². The van der Waals surface area contributed by atoms with Gasteiger partial charge in [-0.3, -0.25) is 4.79 Å². The van der Waals surface area contributed by atoms with Crippen molar-refractivity contribution in [3.05, 3.63) is 40.5 Å². The van der Waals surface area contributed by atoms with Crippen molar-refractivity contribution in [1.82, 2.24) is 9.97 Å². The number of benzene rings is 1. The number of thioether (sulfide) groups is 1. The third-order valence-electron chi connectivity index (χ3n) is 4.77. The first-order valence-electron chi connectivity index (χ1n) is 9.06. The van der Waals surface area contributed by atoms with Crippen LogP contribution in [0.5, 0.6) is 0 Å². The molecule has 0 saturated carbocycles. The summed E-state index contributed by atoms with van der Waals surface area (Å²) in [5.41, 5.74) is 8.47. The third kappa shape index (κ3) is 3.94. The number of hydrogen-bond donors (Lipinski definition) is 2. The average molecular weight is 399 g/mol. The Morgan fingerprint density at radius 1 is 1.33 bits per heavy atom. The first-order chi connectivity index (χ1) is 13.0. The first kappa shape index (κ1) is 18.3. The Morgan fingerprint density at radius 2 is 2.11 bits per heavy atom. The number of thiophene rings is 1. The Kier molecular flexibility index (Phi) is 5.06. The second-order valence-corrected chi connectivity index (χ2v) is 9.18. The summed E-state index contributed by atoms with van der Waals surface area (Å²) in [5, 5.41) is 3.85. The number of carbonyl (C=O) groups excluding carboxylic acids is 1. The van der Waals surface area contributed by atoms with Gasteiger partial charge in [-0.05, 0) is 55.0 Å². The lowest BCUT2D eigenvalue weighted by Gasteiger charge is -2.17. The molecule has 7 heteroatoms. The van der Waals surface area contributed by atoms with Crippen molar-refractivity contribution in [2.24, 2.45) is 5.92 Å². The van der Waals surface area contributed by atoms with E-state index in [-0.39, 0.29) is 5.91 Å². The molecule has 1 aromatic carbocycles. The maximum Gasteiger partial charge on any atom is 0.221 e. The number of nitrogens with two attached hydrogens (primary N) is 1. The first-order valence-corrected chi connectivity index (χ1v) is 10.9. The van der Waals surface area contributed by atoms with Crippen molar-refractivity contribution in [1.29, 1.82) is 0 Å². The van der Waals surface area contributed by atoms with E-state index in [0.29, 0.717) is 11.6 Å². The largest absolute Gasteiger partial charge is 0.383 e.